The van der Waals surface area contributed by atoms with Crippen molar-refractivity contribution in [3.8, 4) is 11.1 Å². The van der Waals surface area contributed by atoms with Crippen LogP contribution in [-0.2, 0) is 19.4 Å². The lowest BCUT2D eigenvalue weighted by molar-refractivity contribution is -0.133. The molecule has 2 N–H and O–H groups in total. The van der Waals surface area contributed by atoms with Crippen LogP contribution in [0.4, 0.5) is 9.18 Å². The minimum Gasteiger partial charge on any atom is -0.449 e. The number of fused-ring (bicyclic) bond motifs is 3. The molecule has 3 aliphatic rings. The van der Waals surface area contributed by atoms with Crippen LogP contribution >= 0.6 is 0 Å². The number of sulfone groups is 1. The van der Waals surface area contributed by atoms with Crippen molar-refractivity contribution < 1.29 is 27.1 Å². The predicted octanol–water partition coefficient (Wildman–Crippen LogP) is 3.83. The van der Waals surface area contributed by atoms with Crippen molar-refractivity contribution in [3.63, 3.8) is 0 Å². The van der Waals surface area contributed by atoms with Crippen LogP contribution in [-0.4, -0.2) is 75.1 Å². The number of ether oxygens (including phenoxy) is 1. The molecule has 2 aliphatic carbocycles. The van der Waals surface area contributed by atoms with Gasteiger partial charge in [0, 0.05) is 31.0 Å². The van der Waals surface area contributed by atoms with Crippen LogP contribution < -0.4 is 10.6 Å². The van der Waals surface area contributed by atoms with Gasteiger partial charge >= 0.3 is 6.09 Å². The molecule has 3 aromatic carbocycles. The molecule has 10 heteroatoms. The first-order valence-electron chi connectivity index (χ1n) is 14.4. The van der Waals surface area contributed by atoms with Crippen LogP contribution in [0.15, 0.2) is 72.8 Å². The minimum absolute atomic E-state index is 0.0872. The Morgan fingerprint density at radius 3 is 2.19 bits per heavy atom. The molecular weight excluding hydrogens is 557 g/mol. The highest BCUT2D eigenvalue weighted by Crippen LogP contribution is 2.44. The highest BCUT2D eigenvalue weighted by atomic mass is 32.2. The Morgan fingerprint density at radius 1 is 0.929 bits per heavy atom. The number of halogens is 1. The lowest BCUT2D eigenvalue weighted by Crippen LogP contribution is -2.53. The monoisotopic (exact) mass is 591 g/mol. The molecule has 0 radical (unpaired) electrons. The average Bonchev–Trinajstić information content (AvgIpc) is 3.69. The lowest BCUT2D eigenvalue weighted by atomic mass is 9.98. The van der Waals surface area contributed by atoms with Gasteiger partial charge in [0.2, 0.25) is 5.91 Å². The number of hydrogen-bond acceptors (Lipinski definition) is 6. The van der Waals surface area contributed by atoms with E-state index >= 15 is 0 Å². The molecule has 1 saturated heterocycles. The van der Waals surface area contributed by atoms with Gasteiger partial charge in [-0.25, -0.2) is 17.6 Å². The number of benzene rings is 3. The summed E-state index contributed by atoms with van der Waals surface area (Å²) in [6.07, 6.45) is 0.544. The molecule has 6 rings (SSSR count). The number of carbonyl (C=O) groups excluding carboxylic acids is 2. The molecule has 0 aromatic heterocycles. The Balaban J connectivity index is 1.08. The molecule has 2 amide bonds. The van der Waals surface area contributed by atoms with Gasteiger partial charge in [0.05, 0.1) is 11.5 Å². The summed E-state index contributed by atoms with van der Waals surface area (Å²) in [5, 5.41) is 6.21. The summed E-state index contributed by atoms with van der Waals surface area (Å²) in [6, 6.07) is 22.0. The van der Waals surface area contributed by atoms with E-state index < -0.39 is 22.0 Å². The minimum atomic E-state index is -3.16. The summed E-state index contributed by atoms with van der Waals surface area (Å²) in [7, 11) is -3.16. The van der Waals surface area contributed by atoms with Gasteiger partial charge in [-0.15, -0.1) is 0 Å². The third kappa shape index (κ3) is 6.19. The first-order valence-corrected chi connectivity index (χ1v) is 16.2. The summed E-state index contributed by atoms with van der Waals surface area (Å²) in [4.78, 5) is 28.0. The van der Waals surface area contributed by atoms with E-state index in [1.165, 1.54) is 17.0 Å². The lowest BCUT2D eigenvalue weighted by Gasteiger charge is -2.30. The SMILES string of the molecule is O=C(N[C@@H](CCN[C@@H]1C[C@H]1c1ccc(F)cc1)C(=O)N1CCS(=O)(=O)CC1)OCC1c2ccccc2-c2ccccc21. The van der Waals surface area contributed by atoms with Crippen molar-refractivity contribution >= 4 is 21.8 Å². The fraction of sp³-hybridized carbons (Fsp3) is 0.375. The van der Waals surface area contributed by atoms with Crippen molar-refractivity contribution in [2.45, 2.75) is 36.8 Å². The predicted molar refractivity (Wildman–Crippen MR) is 157 cm³/mol. The Morgan fingerprint density at radius 2 is 1.55 bits per heavy atom. The van der Waals surface area contributed by atoms with Crippen LogP contribution in [0.5, 0.6) is 0 Å². The summed E-state index contributed by atoms with van der Waals surface area (Å²) < 4.78 is 42.8. The molecule has 0 bridgehead atoms. The van der Waals surface area contributed by atoms with Crippen molar-refractivity contribution in [2.75, 3.05) is 37.7 Å². The van der Waals surface area contributed by atoms with Gasteiger partial charge in [0.25, 0.3) is 0 Å². The molecule has 0 spiro atoms. The maximum absolute atomic E-state index is 13.4. The largest absolute Gasteiger partial charge is 0.449 e. The quantitative estimate of drug-likeness (QED) is 0.392. The van der Waals surface area contributed by atoms with Crippen molar-refractivity contribution in [1.82, 2.24) is 15.5 Å². The summed E-state index contributed by atoms with van der Waals surface area (Å²) in [6.45, 7) is 0.802. The number of hydrogen-bond donors (Lipinski definition) is 2. The molecule has 1 aliphatic heterocycles. The van der Waals surface area contributed by atoms with Crippen LogP contribution in [0.25, 0.3) is 11.1 Å². The third-order valence-corrected chi connectivity index (χ3v) is 10.1. The average molecular weight is 592 g/mol. The van der Waals surface area contributed by atoms with Gasteiger partial charge in [-0.05, 0) is 59.3 Å². The molecule has 42 heavy (non-hydrogen) atoms. The van der Waals surface area contributed by atoms with Crippen LogP contribution in [0.2, 0.25) is 0 Å². The topological polar surface area (TPSA) is 105 Å². The van der Waals surface area contributed by atoms with E-state index in [9.17, 15) is 22.4 Å². The standard InChI is InChI=1S/C32H34FN3O5S/c33-22-11-9-21(10-12-22)27-19-30(27)34-14-13-29(31(37)36-15-17-42(39,40)18-16-36)35-32(38)41-20-28-25-7-3-1-5-23(25)24-6-2-4-8-26(24)28/h1-12,27-30,34H,13-20H2,(H,35,38)/t27-,29-,30+/m0/s1. The Kier molecular flexibility index (Phi) is 8.00. The van der Waals surface area contributed by atoms with E-state index in [1.807, 2.05) is 36.4 Å². The molecule has 3 atom stereocenters. The van der Waals surface area contributed by atoms with Crippen LogP contribution in [0, 0.1) is 5.82 Å². The number of nitrogens with one attached hydrogen (secondary N) is 2. The molecule has 3 aromatic rings. The van der Waals surface area contributed by atoms with E-state index in [0.29, 0.717) is 13.0 Å². The first-order chi connectivity index (χ1) is 20.3. The number of alkyl carbamates (subject to hydrolysis) is 1. The second kappa shape index (κ2) is 11.9. The third-order valence-electron chi connectivity index (χ3n) is 8.52. The van der Waals surface area contributed by atoms with E-state index in [1.54, 1.807) is 12.1 Å². The van der Waals surface area contributed by atoms with Crippen LogP contribution in [0.1, 0.15) is 41.4 Å². The summed E-state index contributed by atoms with van der Waals surface area (Å²) in [5.41, 5.74) is 5.50. The second-order valence-corrected chi connectivity index (χ2v) is 13.5. The molecule has 1 heterocycles. The fourth-order valence-electron chi connectivity index (χ4n) is 6.10. The zero-order chi connectivity index (χ0) is 29.3. The van der Waals surface area contributed by atoms with Crippen LogP contribution in [0.3, 0.4) is 0 Å². The molecule has 1 saturated carbocycles. The fourth-order valence-corrected chi connectivity index (χ4v) is 7.31. The summed E-state index contributed by atoms with van der Waals surface area (Å²) >= 11 is 0. The Labute approximate surface area is 245 Å². The van der Waals surface area contributed by atoms with Crippen molar-refractivity contribution in [1.29, 1.82) is 0 Å². The number of amides is 2. The second-order valence-electron chi connectivity index (χ2n) is 11.2. The molecule has 8 nitrogen and oxygen atoms in total. The first kappa shape index (κ1) is 28.4. The normalized spacial score (nSPS) is 21.2. The van der Waals surface area contributed by atoms with Gasteiger partial charge in [-0.1, -0.05) is 60.7 Å². The van der Waals surface area contributed by atoms with E-state index in [4.69, 9.17) is 4.74 Å². The molecule has 220 valence electrons. The van der Waals surface area contributed by atoms with E-state index in [2.05, 4.69) is 22.8 Å². The highest BCUT2D eigenvalue weighted by Gasteiger charge is 2.38. The zero-order valence-corrected chi connectivity index (χ0v) is 24.0. The highest BCUT2D eigenvalue weighted by molar-refractivity contribution is 7.91. The maximum atomic E-state index is 13.4. The van der Waals surface area contributed by atoms with E-state index in [0.717, 1.165) is 34.2 Å². The van der Waals surface area contributed by atoms with Gasteiger partial charge in [-0.2, -0.15) is 0 Å². The smallest absolute Gasteiger partial charge is 0.407 e. The zero-order valence-electron chi connectivity index (χ0n) is 23.2. The van der Waals surface area contributed by atoms with E-state index in [-0.39, 0.29) is 60.8 Å². The van der Waals surface area contributed by atoms with Crippen molar-refractivity contribution in [3.05, 3.63) is 95.3 Å². The maximum Gasteiger partial charge on any atom is 0.407 e. The van der Waals surface area contributed by atoms with Gasteiger partial charge in [0.15, 0.2) is 9.84 Å². The molecule has 2 fully saturated rings. The number of rotatable bonds is 9. The Bertz CT molecular complexity index is 1520. The number of nitrogens with zero attached hydrogens (tertiary/aromatic N) is 1. The molecular formula is C32H34FN3O5S. The van der Waals surface area contributed by atoms with Gasteiger partial charge in [-0.3, -0.25) is 4.79 Å². The molecule has 0 unspecified atom stereocenters. The number of carbonyl (C=O) groups is 2. The Hall–Kier alpha value is -3.76. The summed E-state index contributed by atoms with van der Waals surface area (Å²) in [5.74, 6) is -0.584. The van der Waals surface area contributed by atoms with Gasteiger partial charge in [0.1, 0.15) is 18.5 Å². The van der Waals surface area contributed by atoms with Crippen molar-refractivity contribution in [2.24, 2.45) is 0 Å². The van der Waals surface area contributed by atoms with Gasteiger partial charge < -0.3 is 20.3 Å².